The summed E-state index contributed by atoms with van der Waals surface area (Å²) in [4.78, 5) is 25.0. The van der Waals surface area contributed by atoms with E-state index in [1.165, 1.54) is 12.1 Å². The first-order valence-corrected chi connectivity index (χ1v) is 14.2. The number of carbonyl (C=O) groups excluding carboxylic acids is 2. The molecule has 2 aromatic carbocycles. The highest BCUT2D eigenvalue weighted by Crippen LogP contribution is 2.39. The topological polar surface area (TPSA) is 123 Å². The second kappa shape index (κ2) is 11.4. The first kappa shape index (κ1) is 26.8. The Morgan fingerprint density at radius 2 is 1.73 bits per heavy atom. The smallest absolute Gasteiger partial charge is 0.328 e. The Morgan fingerprint density at radius 3 is 2.41 bits per heavy atom. The van der Waals surface area contributed by atoms with Crippen LogP contribution >= 0.6 is 0 Å². The predicted octanol–water partition coefficient (Wildman–Crippen LogP) is 3.56. The molecule has 1 saturated carbocycles. The van der Waals surface area contributed by atoms with Crippen molar-refractivity contribution in [3.63, 3.8) is 0 Å². The lowest BCUT2D eigenvalue weighted by molar-refractivity contribution is 0.0949. The van der Waals surface area contributed by atoms with Gasteiger partial charge in [0.25, 0.3) is 15.9 Å². The molecule has 0 saturated heterocycles. The van der Waals surface area contributed by atoms with Crippen molar-refractivity contribution < 1.29 is 27.5 Å². The van der Waals surface area contributed by atoms with Crippen LogP contribution in [0.5, 0.6) is 11.5 Å². The van der Waals surface area contributed by atoms with Crippen molar-refractivity contribution in [2.75, 3.05) is 13.7 Å². The van der Waals surface area contributed by atoms with Gasteiger partial charge in [0.05, 0.1) is 17.6 Å². The van der Waals surface area contributed by atoms with E-state index in [4.69, 9.17) is 9.47 Å². The molecule has 3 N–H and O–H groups in total. The van der Waals surface area contributed by atoms with Gasteiger partial charge in [-0.2, -0.15) is 0 Å². The Hall–Kier alpha value is -3.27. The molecule has 37 heavy (non-hydrogen) atoms. The third-order valence-corrected chi connectivity index (χ3v) is 8.35. The maximum Gasteiger partial charge on any atom is 0.328 e. The Bertz CT molecular complexity index is 1240. The maximum atomic E-state index is 12.8. The zero-order valence-electron chi connectivity index (χ0n) is 21.5. The van der Waals surface area contributed by atoms with Crippen LogP contribution < -0.4 is 24.8 Å². The van der Waals surface area contributed by atoms with Gasteiger partial charge in [0.15, 0.2) is 0 Å². The molecule has 9 nitrogen and oxygen atoms in total. The van der Waals surface area contributed by atoms with E-state index >= 15 is 0 Å². The molecule has 1 fully saturated rings. The van der Waals surface area contributed by atoms with Crippen molar-refractivity contribution in [1.29, 1.82) is 0 Å². The third kappa shape index (κ3) is 6.54. The number of fused-ring (bicyclic) bond motifs is 1. The molecule has 1 aliphatic carbocycles. The number of methoxy groups -OCH3 is 1. The zero-order chi connectivity index (χ0) is 26.6. The van der Waals surface area contributed by atoms with Gasteiger partial charge in [-0.05, 0) is 74.8 Å². The summed E-state index contributed by atoms with van der Waals surface area (Å²) in [6, 6.07) is 9.04. The van der Waals surface area contributed by atoms with Crippen LogP contribution in [0.1, 0.15) is 61.0 Å². The average Bonchev–Trinajstić information content (AvgIpc) is 3.26. The quantitative estimate of drug-likeness (QED) is 0.481. The molecule has 2 aromatic rings. The number of benzene rings is 2. The third-order valence-electron chi connectivity index (χ3n) is 7.00. The lowest BCUT2D eigenvalue weighted by atomic mass is 9.87. The standard InChI is InChI=1S/C27H35N3O6S/c1-17-4-8-20(9-5-17)29-27(32)30-37(33,34)21-10-6-19(7-11-21)14-15-28-26(31)22-12-13-24(35-3)23-16-18(2)36-25(22)23/h6-7,10-13,17-18,20H,4-5,8-9,14-16H2,1-3H3,(H,28,31)(H2,29,30,32). The molecule has 0 bridgehead atoms. The van der Waals surface area contributed by atoms with Crippen molar-refractivity contribution >= 4 is 22.0 Å². The number of amides is 3. The molecular weight excluding hydrogens is 494 g/mol. The maximum absolute atomic E-state index is 12.8. The number of rotatable bonds is 8. The van der Waals surface area contributed by atoms with Crippen LogP contribution in [0.2, 0.25) is 0 Å². The SMILES string of the molecule is COc1ccc(C(=O)NCCc2ccc(S(=O)(=O)NC(=O)NC3CCC(C)CC3)cc2)c2c1CC(C)O2. The molecule has 0 spiro atoms. The minimum absolute atomic E-state index is 0.00192. The van der Waals surface area contributed by atoms with E-state index in [0.29, 0.717) is 42.4 Å². The van der Waals surface area contributed by atoms with Gasteiger partial charge in [0.1, 0.15) is 17.6 Å². The Kier molecular flexibility index (Phi) is 8.26. The van der Waals surface area contributed by atoms with Crippen molar-refractivity contribution in [2.24, 2.45) is 5.92 Å². The molecule has 3 amide bonds. The lowest BCUT2D eigenvalue weighted by Gasteiger charge is -2.26. The molecule has 4 rings (SSSR count). The number of ether oxygens (including phenoxy) is 2. The van der Waals surface area contributed by atoms with Gasteiger partial charge in [0, 0.05) is 24.6 Å². The summed E-state index contributed by atoms with van der Waals surface area (Å²) in [5.41, 5.74) is 2.22. The summed E-state index contributed by atoms with van der Waals surface area (Å²) >= 11 is 0. The molecule has 1 unspecified atom stereocenters. The summed E-state index contributed by atoms with van der Waals surface area (Å²) in [7, 11) is -2.39. The minimum atomic E-state index is -3.98. The number of nitrogens with one attached hydrogen (secondary N) is 3. The predicted molar refractivity (Wildman–Crippen MR) is 140 cm³/mol. The van der Waals surface area contributed by atoms with Gasteiger partial charge in [-0.1, -0.05) is 19.1 Å². The van der Waals surface area contributed by atoms with Gasteiger partial charge in [-0.25, -0.2) is 17.9 Å². The largest absolute Gasteiger partial charge is 0.496 e. The minimum Gasteiger partial charge on any atom is -0.496 e. The van der Waals surface area contributed by atoms with Crippen LogP contribution in [0, 0.1) is 5.92 Å². The molecule has 0 radical (unpaired) electrons. The Morgan fingerprint density at radius 1 is 1.03 bits per heavy atom. The number of hydrogen-bond acceptors (Lipinski definition) is 6. The second-order valence-corrected chi connectivity index (χ2v) is 11.6. The number of sulfonamides is 1. The normalized spacial score (nSPS) is 20.9. The highest BCUT2D eigenvalue weighted by molar-refractivity contribution is 7.90. The van der Waals surface area contributed by atoms with E-state index in [1.807, 2.05) is 6.92 Å². The molecule has 1 heterocycles. The molecule has 200 valence electrons. The van der Waals surface area contributed by atoms with E-state index in [-0.39, 0.29) is 22.9 Å². The van der Waals surface area contributed by atoms with Crippen molar-refractivity contribution in [3.05, 3.63) is 53.1 Å². The summed E-state index contributed by atoms with van der Waals surface area (Å²) in [5.74, 6) is 1.67. The number of urea groups is 1. The van der Waals surface area contributed by atoms with E-state index in [1.54, 1.807) is 31.4 Å². The molecule has 2 aliphatic rings. The highest BCUT2D eigenvalue weighted by atomic mass is 32.2. The Labute approximate surface area is 218 Å². The van der Waals surface area contributed by atoms with Crippen molar-refractivity contribution in [2.45, 2.75) is 69.4 Å². The zero-order valence-corrected chi connectivity index (χ0v) is 22.3. The fourth-order valence-electron chi connectivity index (χ4n) is 4.89. The monoisotopic (exact) mass is 529 g/mol. The van der Waals surface area contributed by atoms with Crippen molar-refractivity contribution in [3.8, 4) is 11.5 Å². The van der Waals surface area contributed by atoms with Crippen LogP contribution in [-0.2, 0) is 22.9 Å². The van der Waals surface area contributed by atoms with E-state index in [0.717, 1.165) is 36.8 Å². The van der Waals surface area contributed by atoms with Gasteiger partial charge < -0.3 is 20.1 Å². The summed E-state index contributed by atoms with van der Waals surface area (Å²) in [6.45, 7) is 4.49. The number of carbonyl (C=O) groups is 2. The number of hydrogen-bond donors (Lipinski definition) is 3. The fourth-order valence-corrected chi connectivity index (χ4v) is 5.80. The first-order valence-electron chi connectivity index (χ1n) is 12.7. The van der Waals surface area contributed by atoms with Crippen LogP contribution in [0.15, 0.2) is 41.3 Å². The molecular formula is C27H35N3O6S. The summed E-state index contributed by atoms with van der Waals surface area (Å²) in [6.07, 6.45) is 4.93. The highest BCUT2D eigenvalue weighted by Gasteiger charge is 2.28. The lowest BCUT2D eigenvalue weighted by Crippen LogP contribution is -2.45. The van der Waals surface area contributed by atoms with Crippen molar-refractivity contribution in [1.82, 2.24) is 15.4 Å². The molecule has 0 aromatic heterocycles. The molecule has 1 aliphatic heterocycles. The molecule has 1 atom stereocenters. The van der Waals surface area contributed by atoms with Gasteiger partial charge in [0.2, 0.25) is 0 Å². The Balaban J connectivity index is 1.29. The van der Waals surface area contributed by atoms with E-state index in [9.17, 15) is 18.0 Å². The molecule has 10 heteroatoms. The summed E-state index contributed by atoms with van der Waals surface area (Å²) < 4.78 is 38.6. The van der Waals surface area contributed by atoms with E-state index in [2.05, 4.69) is 22.3 Å². The van der Waals surface area contributed by atoms with E-state index < -0.39 is 16.1 Å². The van der Waals surface area contributed by atoms with Gasteiger partial charge in [-0.15, -0.1) is 0 Å². The van der Waals surface area contributed by atoms with Crippen LogP contribution in [-0.4, -0.2) is 46.2 Å². The second-order valence-electron chi connectivity index (χ2n) is 9.94. The average molecular weight is 530 g/mol. The van der Waals surface area contributed by atoms with Gasteiger partial charge >= 0.3 is 6.03 Å². The van der Waals surface area contributed by atoms with Crippen LogP contribution in [0.25, 0.3) is 0 Å². The van der Waals surface area contributed by atoms with Gasteiger partial charge in [-0.3, -0.25) is 4.79 Å². The summed E-state index contributed by atoms with van der Waals surface area (Å²) in [5, 5.41) is 5.67. The first-order chi connectivity index (χ1) is 17.7. The fraction of sp³-hybridized carbons (Fsp3) is 0.481. The van der Waals surface area contributed by atoms with Crippen LogP contribution in [0.4, 0.5) is 4.79 Å². The van der Waals surface area contributed by atoms with Crippen LogP contribution in [0.3, 0.4) is 0 Å².